The molecule has 1 heterocycles. The monoisotopic (exact) mass is 325 g/mol. The molecule has 1 saturated heterocycles. The highest BCUT2D eigenvalue weighted by molar-refractivity contribution is 7.94. The number of carbonyl (C=O) groups is 1. The van der Waals surface area contributed by atoms with Crippen molar-refractivity contribution >= 4 is 27.2 Å². The van der Waals surface area contributed by atoms with Crippen molar-refractivity contribution in [3.05, 3.63) is 24.3 Å². The first kappa shape index (κ1) is 16.6. The first-order valence-corrected chi connectivity index (χ1v) is 9.08. The summed E-state index contributed by atoms with van der Waals surface area (Å²) < 4.78 is 21.6. The first-order chi connectivity index (χ1) is 10.2. The van der Waals surface area contributed by atoms with Crippen molar-refractivity contribution in [1.82, 2.24) is 0 Å². The van der Waals surface area contributed by atoms with E-state index in [2.05, 4.69) is 9.26 Å². The molecular weight excluding hydrogens is 302 g/mol. The lowest BCUT2D eigenvalue weighted by molar-refractivity contribution is 0.0607. The van der Waals surface area contributed by atoms with Crippen molar-refractivity contribution in [3.63, 3.8) is 0 Å². The van der Waals surface area contributed by atoms with E-state index in [-0.39, 0.29) is 0 Å². The molecule has 0 aliphatic carbocycles. The molecular formula is C15H23N3O3S. The van der Waals surface area contributed by atoms with E-state index < -0.39 is 21.4 Å². The van der Waals surface area contributed by atoms with Gasteiger partial charge in [0, 0.05) is 36.0 Å². The molecule has 1 aromatic carbocycles. The maximum atomic E-state index is 12.6. The lowest BCUT2D eigenvalue weighted by Gasteiger charge is -2.30. The highest BCUT2D eigenvalue weighted by Gasteiger charge is 2.24. The van der Waals surface area contributed by atoms with E-state index in [4.69, 9.17) is 10.5 Å². The Hall–Kier alpha value is -1.76. The molecule has 0 aromatic heterocycles. The molecule has 0 spiro atoms. The van der Waals surface area contributed by atoms with Crippen molar-refractivity contribution in [1.29, 1.82) is 0 Å². The van der Waals surface area contributed by atoms with Gasteiger partial charge in [0.25, 0.3) is 0 Å². The van der Waals surface area contributed by atoms with Crippen LogP contribution in [0.15, 0.2) is 28.6 Å². The van der Waals surface area contributed by atoms with Gasteiger partial charge in [-0.2, -0.15) is 0 Å². The molecule has 0 radical (unpaired) electrons. The number of rotatable bonds is 1. The molecule has 1 aliphatic rings. The van der Waals surface area contributed by atoms with Crippen LogP contribution in [0.5, 0.6) is 0 Å². The van der Waals surface area contributed by atoms with E-state index >= 15 is 0 Å². The molecule has 2 N–H and O–H groups in total. The summed E-state index contributed by atoms with van der Waals surface area (Å²) in [5, 5.41) is 0. The Morgan fingerprint density at radius 2 is 1.77 bits per heavy atom. The Bertz CT molecular complexity index is 642. The molecule has 2 rings (SSSR count). The van der Waals surface area contributed by atoms with Gasteiger partial charge in [0.05, 0.1) is 9.73 Å². The van der Waals surface area contributed by atoms with E-state index in [1.807, 2.05) is 24.3 Å². The standard InChI is InChI=1S/C15H23N3O3S/c1-15(2,3)21-14(19)17-22(20)10-8-18(9-11-22)13-6-4-12(16)5-7-13/h4-7H,8-11,16H2,1-3H3. The Labute approximate surface area is 131 Å². The quantitative estimate of drug-likeness (QED) is 0.802. The van der Waals surface area contributed by atoms with Crippen molar-refractivity contribution in [2.24, 2.45) is 4.36 Å². The minimum Gasteiger partial charge on any atom is -0.442 e. The number of carbonyl (C=O) groups excluding carboxylic acids is 1. The predicted molar refractivity (Wildman–Crippen MR) is 89.6 cm³/mol. The smallest absolute Gasteiger partial charge is 0.442 e. The topological polar surface area (TPSA) is 85.0 Å². The first-order valence-electron chi connectivity index (χ1n) is 7.23. The Kier molecular flexibility index (Phi) is 4.65. The van der Waals surface area contributed by atoms with Gasteiger partial charge in [0.2, 0.25) is 0 Å². The van der Waals surface area contributed by atoms with Gasteiger partial charge in [-0.1, -0.05) is 0 Å². The minimum absolute atomic E-state index is 0.358. The lowest BCUT2D eigenvalue weighted by Crippen LogP contribution is -2.40. The van der Waals surface area contributed by atoms with Crippen molar-refractivity contribution in [2.45, 2.75) is 26.4 Å². The second kappa shape index (κ2) is 6.16. The molecule has 0 bridgehead atoms. The molecule has 1 fully saturated rings. The number of benzene rings is 1. The molecule has 1 aromatic rings. The van der Waals surface area contributed by atoms with Crippen LogP contribution in [-0.2, 0) is 14.5 Å². The summed E-state index contributed by atoms with van der Waals surface area (Å²) in [6.07, 6.45) is -0.738. The molecule has 22 heavy (non-hydrogen) atoms. The van der Waals surface area contributed by atoms with Crippen LogP contribution in [0, 0.1) is 0 Å². The third-order valence-electron chi connectivity index (χ3n) is 3.25. The van der Waals surface area contributed by atoms with Gasteiger partial charge >= 0.3 is 6.09 Å². The van der Waals surface area contributed by atoms with Gasteiger partial charge in [-0.15, -0.1) is 4.36 Å². The number of nitrogens with two attached hydrogens (primary N) is 1. The van der Waals surface area contributed by atoms with Gasteiger partial charge in [-0.05, 0) is 45.0 Å². The van der Waals surface area contributed by atoms with Gasteiger partial charge in [-0.3, -0.25) is 0 Å². The van der Waals surface area contributed by atoms with Crippen LogP contribution in [0.25, 0.3) is 0 Å². The third-order valence-corrected chi connectivity index (χ3v) is 5.38. The molecule has 7 heteroatoms. The number of nitrogen functional groups attached to an aromatic ring is 1. The van der Waals surface area contributed by atoms with Crippen molar-refractivity contribution in [2.75, 3.05) is 35.2 Å². The van der Waals surface area contributed by atoms with Crippen molar-refractivity contribution < 1.29 is 13.7 Å². The molecule has 1 aliphatic heterocycles. The minimum atomic E-state index is -2.53. The normalized spacial score (nSPS) is 17.9. The van der Waals surface area contributed by atoms with Crippen LogP contribution in [0.3, 0.4) is 0 Å². The number of anilines is 2. The zero-order valence-electron chi connectivity index (χ0n) is 13.2. The average molecular weight is 325 g/mol. The summed E-state index contributed by atoms with van der Waals surface area (Å²) >= 11 is 0. The summed E-state index contributed by atoms with van der Waals surface area (Å²) in [5.41, 5.74) is 6.80. The number of nitrogens with zero attached hydrogens (tertiary/aromatic N) is 2. The molecule has 122 valence electrons. The molecule has 0 unspecified atom stereocenters. The molecule has 0 saturated carbocycles. The molecule has 6 nitrogen and oxygen atoms in total. The molecule has 0 atom stereocenters. The number of ether oxygens (including phenoxy) is 1. The SMILES string of the molecule is CC(C)(C)OC(=O)N=S1(=O)CCN(c2ccc(N)cc2)CC1. The largest absolute Gasteiger partial charge is 0.442 e. The predicted octanol–water partition coefficient (Wildman–Crippen LogP) is 2.49. The summed E-state index contributed by atoms with van der Waals surface area (Å²) in [7, 11) is -2.53. The number of amides is 1. The number of hydrogen-bond acceptors (Lipinski definition) is 5. The van der Waals surface area contributed by atoms with Crippen LogP contribution < -0.4 is 10.6 Å². The second-order valence-corrected chi connectivity index (χ2v) is 8.88. The van der Waals surface area contributed by atoms with E-state index in [1.54, 1.807) is 20.8 Å². The van der Waals surface area contributed by atoms with E-state index in [0.29, 0.717) is 30.3 Å². The fourth-order valence-corrected chi connectivity index (χ4v) is 3.88. The van der Waals surface area contributed by atoms with E-state index in [1.165, 1.54) is 0 Å². The van der Waals surface area contributed by atoms with E-state index in [9.17, 15) is 9.00 Å². The van der Waals surface area contributed by atoms with Crippen molar-refractivity contribution in [3.8, 4) is 0 Å². The van der Waals surface area contributed by atoms with Crippen LogP contribution >= 0.6 is 0 Å². The van der Waals surface area contributed by atoms with Crippen LogP contribution in [-0.4, -0.2) is 40.5 Å². The summed E-state index contributed by atoms with van der Waals surface area (Å²) in [4.78, 5) is 13.8. The average Bonchev–Trinajstić information content (AvgIpc) is 2.38. The highest BCUT2D eigenvalue weighted by atomic mass is 32.2. The lowest BCUT2D eigenvalue weighted by atomic mass is 10.2. The number of hydrogen-bond donors (Lipinski definition) is 1. The fraction of sp³-hybridized carbons (Fsp3) is 0.533. The Morgan fingerprint density at radius 1 is 1.23 bits per heavy atom. The van der Waals surface area contributed by atoms with Gasteiger partial charge in [-0.25, -0.2) is 9.00 Å². The van der Waals surface area contributed by atoms with Gasteiger partial charge < -0.3 is 15.4 Å². The fourth-order valence-electron chi connectivity index (χ4n) is 2.17. The maximum absolute atomic E-state index is 12.6. The summed E-state index contributed by atoms with van der Waals surface area (Å²) in [6.45, 7) is 6.47. The van der Waals surface area contributed by atoms with Crippen LogP contribution in [0.4, 0.5) is 16.2 Å². The zero-order valence-corrected chi connectivity index (χ0v) is 14.1. The van der Waals surface area contributed by atoms with Crippen LogP contribution in [0.1, 0.15) is 20.8 Å². The van der Waals surface area contributed by atoms with Crippen LogP contribution in [0.2, 0.25) is 0 Å². The summed E-state index contributed by atoms with van der Waals surface area (Å²) in [6, 6.07) is 7.56. The van der Waals surface area contributed by atoms with Gasteiger partial charge in [0.15, 0.2) is 0 Å². The molecule has 1 amide bonds. The summed E-state index contributed by atoms with van der Waals surface area (Å²) in [5.74, 6) is 0.716. The van der Waals surface area contributed by atoms with E-state index in [0.717, 1.165) is 5.69 Å². The Balaban J connectivity index is 2.02. The second-order valence-electron chi connectivity index (χ2n) is 6.33. The third kappa shape index (κ3) is 4.62. The zero-order chi connectivity index (χ0) is 16.4. The Morgan fingerprint density at radius 3 is 2.27 bits per heavy atom. The maximum Gasteiger partial charge on any atom is 0.442 e. The highest BCUT2D eigenvalue weighted by Crippen LogP contribution is 2.20. The van der Waals surface area contributed by atoms with Gasteiger partial charge in [0.1, 0.15) is 5.60 Å².